The third kappa shape index (κ3) is 4.21. The summed E-state index contributed by atoms with van der Waals surface area (Å²) < 4.78 is 13.6. The molecule has 3 aromatic rings. The zero-order valence-corrected chi connectivity index (χ0v) is 16.0. The van der Waals surface area contributed by atoms with Gasteiger partial charge in [-0.3, -0.25) is 4.79 Å². The number of nitrogens with one attached hydrogen (secondary N) is 2. The third-order valence-corrected chi connectivity index (χ3v) is 4.34. The first-order chi connectivity index (χ1) is 13.9. The average Bonchev–Trinajstić information content (AvgIpc) is 2.71. The van der Waals surface area contributed by atoms with E-state index in [9.17, 15) is 14.4 Å². The Balaban J connectivity index is 2.06. The van der Waals surface area contributed by atoms with Gasteiger partial charge in [0, 0.05) is 11.9 Å². The van der Waals surface area contributed by atoms with Crippen molar-refractivity contribution in [1.29, 1.82) is 5.26 Å². The molecular weight excluding hydrogens is 373 g/mol. The van der Waals surface area contributed by atoms with Crippen LogP contribution in [0.5, 0.6) is 0 Å². The number of nitrogen functional groups attached to an aromatic ring is 1. The van der Waals surface area contributed by atoms with Gasteiger partial charge in [-0.25, -0.2) is 19.3 Å². The summed E-state index contributed by atoms with van der Waals surface area (Å²) in [4.78, 5) is 25.2. The molecule has 2 aromatic heterocycles. The van der Waals surface area contributed by atoms with Gasteiger partial charge < -0.3 is 16.4 Å². The van der Waals surface area contributed by atoms with Gasteiger partial charge in [-0.1, -0.05) is 6.92 Å². The summed E-state index contributed by atoms with van der Waals surface area (Å²) in [5.74, 6) is -0.418. The Morgan fingerprint density at radius 3 is 2.86 bits per heavy atom. The Kier molecular flexibility index (Phi) is 5.83. The van der Waals surface area contributed by atoms with Crippen molar-refractivity contribution in [2.45, 2.75) is 26.3 Å². The summed E-state index contributed by atoms with van der Waals surface area (Å²) in [6, 6.07) is 7.29. The second kappa shape index (κ2) is 8.48. The smallest absolute Gasteiger partial charge is 0.253 e. The summed E-state index contributed by atoms with van der Waals surface area (Å²) in [5.41, 5.74) is 7.16. The summed E-state index contributed by atoms with van der Waals surface area (Å²) in [6.07, 6.45) is 2.02. The lowest BCUT2D eigenvalue weighted by Gasteiger charge is -2.19. The number of aromatic nitrogens is 3. The number of hydrogen-bond acceptors (Lipinski definition) is 7. The van der Waals surface area contributed by atoms with Crippen LogP contribution in [-0.4, -0.2) is 27.4 Å². The molecule has 9 heteroatoms. The van der Waals surface area contributed by atoms with Crippen molar-refractivity contribution in [3.05, 3.63) is 53.2 Å². The van der Waals surface area contributed by atoms with E-state index in [0.717, 1.165) is 6.42 Å². The summed E-state index contributed by atoms with van der Waals surface area (Å²) in [7, 11) is 0. The Labute approximate surface area is 167 Å². The van der Waals surface area contributed by atoms with Gasteiger partial charge in [0.15, 0.2) is 0 Å². The fraction of sp³-hybridized carbons (Fsp3) is 0.250. The van der Waals surface area contributed by atoms with E-state index in [1.165, 1.54) is 18.5 Å². The van der Waals surface area contributed by atoms with Gasteiger partial charge in [0.2, 0.25) is 0 Å². The number of pyridine rings is 1. The Morgan fingerprint density at radius 1 is 1.34 bits per heavy atom. The molecule has 8 nitrogen and oxygen atoms in total. The zero-order chi connectivity index (χ0) is 21.0. The largest absolute Gasteiger partial charge is 0.382 e. The number of nitrogens with zero attached hydrogens (tertiary/aromatic N) is 4. The van der Waals surface area contributed by atoms with Crippen molar-refractivity contribution in [2.75, 3.05) is 17.6 Å². The highest BCUT2D eigenvalue weighted by molar-refractivity contribution is 5.99. The average molecular weight is 393 g/mol. The molecule has 4 N–H and O–H groups in total. The molecule has 0 saturated heterocycles. The highest BCUT2D eigenvalue weighted by Gasteiger charge is 2.21. The molecule has 0 bridgehead atoms. The monoisotopic (exact) mass is 393 g/mol. The third-order valence-electron chi connectivity index (χ3n) is 4.34. The fourth-order valence-corrected chi connectivity index (χ4v) is 2.90. The topological polar surface area (TPSA) is 130 Å². The second-order valence-corrected chi connectivity index (χ2v) is 6.47. The number of fused-ring (bicyclic) bond motifs is 1. The van der Waals surface area contributed by atoms with E-state index in [2.05, 4.69) is 25.6 Å². The van der Waals surface area contributed by atoms with Crippen molar-refractivity contribution < 1.29 is 9.18 Å². The molecule has 1 aromatic carbocycles. The number of nitrogens with two attached hydrogens (primary N) is 1. The van der Waals surface area contributed by atoms with Crippen LogP contribution in [0.2, 0.25) is 0 Å². The van der Waals surface area contributed by atoms with Crippen LogP contribution in [0.1, 0.15) is 47.9 Å². The molecule has 0 aliphatic heterocycles. The number of benzene rings is 1. The van der Waals surface area contributed by atoms with Crippen molar-refractivity contribution in [2.24, 2.45) is 0 Å². The molecule has 1 amide bonds. The molecule has 0 spiro atoms. The molecule has 0 aliphatic rings. The van der Waals surface area contributed by atoms with Crippen LogP contribution in [0.4, 0.5) is 16.0 Å². The highest BCUT2D eigenvalue weighted by atomic mass is 19.1. The first-order valence-electron chi connectivity index (χ1n) is 9.10. The first kappa shape index (κ1) is 19.9. The van der Waals surface area contributed by atoms with E-state index < -0.39 is 11.9 Å². The Morgan fingerprint density at radius 2 is 2.14 bits per heavy atom. The van der Waals surface area contributed by atoms with Gasteiger partial charge in [-0.2, -0.15) is 5.26 Å². The van der Waals surface area contributed by atoms with Gasteiger partial charge >= 0.3 is 0 Å². The van der Waals surface area contributed by atoms with Crippen molar-refractivity contribution in [3.63, 3.8) is 0 Å². The zero-order valence-electron chi connectivity index (χ0n) is 16.0. The molecule has 0 aliphatic carbocycles. The van der Waals surface area contributed by atoms with E-state index >= 15 is 0 Å². The van der Waals surface area contributed by atoms with E-state index in [1.54, 1.807) is 19.1 Å². The minimum atomic E-state index is -0.492. The molecule has 1 atom stereocenters. The highest BCUT2D eigenvalue weighted by Crippen LogP contribution is 2.26. The van der Waals surface area contributed by atoms with Gasteiger partial charge in [-0.05, 0) is 37.6 Å². The second-order valence-electron chi connectivity index (χ2n) is 6.47. The van der Waals surface area contributed by atoms with Gasteiger partial charge in [0.1, 0.15) is 35.4 Å². The lowest BCUT2D eigenvalue weighted by molar-refractivity contribution is 0.0952. The van der Waals surface area contributed by atoms with Crippen molar-refractivity contribution in [1.82, 2.24) is 20.3 Å². The Hall–Kier alpha value is -3.80. The quantitative estimate of drug-likeness (QED) is 0.587. The van der Waals surface area contributed by atoms with Crippen molar-refractivity contribution in [3.8, 4) is 6.07 Å². The lowest BCUT2D eigenvalue weighted by atomic mass is 10.0. The van der Waals surface area contributed by atoms with Crippen molar-refractivity contribution >= 4 is 28.4 Å². The molecule has 148 valence electrons. The number of carbonyl (C=O) groups is 1. The van der Waals surface area contributed by atoms with E-state index in [1.807, 2.05) is 13.0 Å². The van der Waals surface area contributed by atoms with Crippen LogP contribution in [0, 0.1) is 17.1 Å². The van der Waals surface area contributed by atoms with Gasteiger partial charge in [-0.15, -0.1) is 0 Å². The summed E-state index contributed by atoms with van der Waals surface area (Å²) in [5, 5.41) is 15.7. The van der Waals surface area contributed by atoms with Gasteiger partial charge in [0.05, 0.1) is 22.8 Å². The van der Waals surface area contributed by atoms with E-state index in [0.29, 0.717) is 28.7 Å². The van der Waals surface area contributed by atoms with E-state index in [4.69, 9.17) is 5.73 Å². The number of rotatable bonds is 6. The van der Waals surface area contributed by atoms with Crippen LogP contribution in [0.15, 0.2) is 30.6 Å². The molecule has 0 radical (unpaired) electrons. The summed E-state index contributed by atoms with van der Waals surface area (Å²) in [6.45, 7) is 4.23. The number of carbonyl (C=O) groups excluding carboxylic acids is 1. The maximum absolute atomic E-state index is 13.6. The number of halogens is 1. The first-order valence-corrected chi connectivity index (χ1v) is 9.10. The molecule has 0 saturated carbocycles. The number of anilines is 2. The van der Waals surface area contributed by atoms with Crippen LogP contribution in [0.25, 0.3) is 10.9 Å². The molecule has 3 rings (SSSR count). The predicted octanol–water partition coefficient (Wildman–Crippen LogP) is 2.93. The summed E-state index contributed by atoms with van der Waals surface area (Å²) >= 11 is 0. The van der Waals surface area contributed by atoms with Crippen LogP contribution >= 0.6 is 0 Å². The standard InChI is InChI=1S/C20H20FN7O/c1-3-6-24-20(29)14-8-12-7-13(21)4-5-16(12)28-17(14)11(2)27-19-15(9-22)18(23)25-10-26-19/h4-5,7-8,10-11H,3,6H2,1-2H3,(H,24,29)(H3,23,25,26,27)/t11-/m0/s1. The Bertz CT molecular complexity index is 1110. The minimum absolute atomic E-state index is 0.0556. The maximum Gasteiger partial charge on any atom is 0.253 e. The SMILES string of the molecule is CCCNC(=O)c1cc2cc(F)ccc2nc1[C@H](C)Nc1ncnc(N)c1C#N. The minimum Gasteiger partial charge on any atom is -0.382 e. The van der Waals surface area contributed by atoms with Crippen LogP contribution in [0.3, 0.4) is 0 Å². The predicted molar refractivity (Wildman–Crippen MR) is 108 cm³/mol. The number of amides is 1. The van der Waals surface area contributed by atoms with Crippen LogP contribution < -0.4 is 16.4 Å². The molecular formula is C20H20FN7O. The number of nitriles is 1. The van der Waals surface area contributed by atoms with Gasteiger partial charge in [0.25, 0.3) is 5.91 Å². The normalized spacial score (nSPS) is 11.7. The van der Waals surface area contributed by atoms with E-state index in [-0.39, 0.29) is 23.1 Å². The molecule has 0 fully saturated rings. The molecule has 29 heavy (non-hydrogen) atoms. The van der Waals surface area contributed by atoms with Crippen LogP contribution in [-0.2, 0) is 0 Å². The molecule has 2 heterocycles. The lowest BCUT2D eigenvalue weighted by Crippen LogP contribution is -2.27. The maximum atomic E-state index is 13.6. The number of hydrogen-bond donors (Lipinski definition) is 3. The molecule has 0 unspecified atom stereocenters. The fourth-order valence-electron chi connectivity index (χ4n) is 2.90.